The van der Waals surface area contributed by atoms with Gasteiger partial charge >= 0.3 is 6.09 Å². The van der Waals surface area contributed by atoms with Crippen molar-refractivity contribution in [2.24, 2.45) is 0 Å². The lowest BCUT2D eigenvalue weighted by atomic mass is 9.92. The van der Waals surface area contributed by atoms with Crippen LogP contribution in [0.1, 0.15) is 29.9 Å². The lowest BCUT2D eigenvalue weighted by Gasteiger charge is -2.17. The third kappa shape index (κ3) is 7.09. The molecule has 1 atom stereocenters. The van der Waals surface area contributed by atoms with E-state index in [-0.39, 0.29) is 25.5 Å². The fourth-order valence-corrected chi connectivity index (χ4v) is 3.09. The van der Waals surface area contributed by atoms with E-state index in [4.69, 9.17) is 28.0 Å². The van der Waals surface area contributed by atoms with Gasteiger partial charge in [0.2, 0.25) is 0 Å². The molecule has 6 nitrogen and oxygen atoms in total. The molecule has 1 unspecified atom stereocenters. The van der Waals surface area contributed by atoms with Gasteiger partial charge in [-0.3, -0.25) is 4.79 Å². The molecule has 0 bridgehead atoms. The van der Waals surface area contributed by atoms with E-state index in [0.29, 0.717) is 22.0 Å². The lowest BCUT2D eigenvalue weighted by Crippen LogP contribution is -2.34. The zero-order chi connectivity index (χ0) is 19.6. The zero-order valence-electron chi connectivity index (χ0n) is 14.5. The molecule has 0 aliphatic rings. The Morgan fingerprint density at radius 3 is 2.52 bits per heavy atom. The van der Waals surface area contributed by atoms with Crippen LogP contribution < -0.4 is 10.8 Å². The van der Waals surface area contributed by atoms with Crippen LogP contribution in [0.3, 0.4) is 0 Å². The second-order valence-electron chi connectivity index (χ2n) is 5.83. The molecule has 0 aromatic heterocycles. The summed E-state index contributed by atoms with van der Waals surface area (Å²) in [5.74, 6) is -0.843. The van der Waals surface area contributed by atoms with Gasteiger partial charge < -0.3 is 15.3 Å². The number of aliphatic hydroxyl groups excluding tert-OH is 1. The van der Waals surface area contributed by atoms with Crippen LogP contribution in [0.2, 0.25) is 10.0 Å². The van der Waals surface area contributed by atoms with Gasteiger partial charge in [-0.05, 0) is 35.6 Å². The Hall–Kier alpha value is -2.28. The second kappa shape index (κ2) is 10.8. The number of hydrogen-bond acceptors (Lipinski definition) is 4. The molecule has 0 aliphatic heterocycles. The summed E-state index contributed by atoms with van der Waals surface area (Å²) >= 11 is 12.1. The number of carbonyl (C=O) groups excluding carboxylic acids is 2. The number of nitrogens with one attached hydrogen (secondary N) is 2. The molecule has 0 spiro atoms. The number of amides is 2. The van der Waals surface area contributed by atoms with Crippen molar-refractivity contribution in [3.05, 3.63) is 69.7 Å². The molecule has 2 aromatic carbocycles. The number of rotatable bonds is 7. The van der Waals surface area contributed by atoms with Gasteiger partial charge in [0.25, 0.3) is 5.91 Å². The quantitative estimate of drug-likeness (QED) is 0.605. The number of hydroxylamine groups is 1. The fourth-order valence-electron chi connectivity index (χ4n) is 2.53. The monoisotopic (exact) mass is 410 g/mol. The molecular weight excluding hydrogens is 391 g/mol. The van der Waals surface area contributed by atoms with Crippen molar-refractivity contribution in [1.29, 1.82) is 0 Å². The van der Waals surface area contributed by atoms with Crippen LogP contribution in [-0.2, 0) is 16.2 Å². The molecule has 0 saturated carbocycles. The third-order valence-corrected chi connectivity index (χ3v) is 4.41. The summed E-state index contributed by atoms with van der Waals surface area (Å²) in [4.78, 5) is 28.5. The maximum atomic E-state index is 12.1. The molecule has 144 valence electrons. The first kappa shape index (κ1) is 21.0. The molecule has 0 fully saturated rings. The summed E-state index contributed by atoms with van der Waals surface area (Å²) in [5.41, 5.74) is 3.70. The number of carbonyl (C=O) groups is 2. The standard InChI is InChI=1S/C19H20Cl2N2O4/c20-15-6-7-16(17(21)11-15)14(8-9-24)10-18(25)23-27-19(26)22-12-13-4-2-1-3-5-13/h1-7,11,14,24H,8-10,12H2,(H,22,26)(H,23,25). The van der Waals surface area contributed by atoms with Crippen molar-refractivity contribution in [2.75, 3.05) is 6.61 Å². The van der Waals surface area contributed by atoms with E-state index in [9.17, 15) is 14.7 Å². The average Bonchev–Trinajstić information content (AvgIpc) is 2.65. The first-order chi connectivity index (χ1) is 13.0. The first-order valence-electron chi connectivity index (χ1n) is 8.33. The summed E-state index contributed by atoms with van der Waals surface area (Å²) in [7, 11) is 0. The fraction of sp³-hybridized carbons (Fsp3) is 0.263. The number of halogens is 2. The largest absolute Gasteiger partial charge is 0.431 e. The normalized spacial score (nSPS) is 11.5. The van der Waals surface area contributed by atoms with Gasteiger partial charge in [0, 0.05) is 29.6 Å². The maximum absolute atomic E-state index is 12.1. The van der Waals surface area contributed by atoms with Crippen molar-refractivity contribution in [3.8, 4) is 0 Å². The number of hydrogen-bond donors (Lipinski definition) is 3. The number of benzene rings is 2. The molecule has 2 aromatic rings. The van der Waals surface area contributed by atoms with Crippen LogP contribution in [-0.4, -0.2) is 23.7 Å². The molecule has 0 radical (unpaired) electrons. The van der Waals surface area contributed by atoms with E-state index < -0.39 is 12.0 Å². The molecule has 8 heteroatoms. The van der Waals surface area contributed by atoms with Crippen LogP contribution in [0.4, 0.5) is 4.79 Å². The van der Waals surface area contributed by atoms with E-state index in [1.165, 1.54) is 0 Å². The Morgan fingerprint density at radius 1 is 1.11 bits per heavy atom. The van der Waals surface area contributed by atoms with E-state index in [2.05, 4.69) is 10.8 Å². The summed E-state index contributed by atoms with van der Waals surface area (Å²) in [6.45, 7) is 0.165. The van der Waals surface area contributed by atoms with Gasteiger partial charge in [0.05, 0.1) is 0 Å². The van der Waals surface area contributed by atoms with E-state index in [1.807, 2.05) is 30.3 Å². The van der Waals surface area contributed by atoms with Crippen LogP contribution in [0.5, 0.6) is 0 Å². The van der Waals surface area contributed by atoms with Gasteiger partial charge in [0.15, 0.2) is 0 Å². The van der Waals surface area contributed by atoms with Gasteiger partial charge in [-0.25, -0.2) is 4.79 Å². The highest BCUT2D eigenvalue weighted by Gasteiger charge is 2.19. The minimum Gasteiger partial charge on any atom is -0.396 e. The van der Waals surface area contributed by atoms with Gasteiger partial charge in [-0.2, -0.15) is 5.48 Å². The van der Waals surface area contributed by atoms with Crippen LogP contribution in [0.25, 0.3) is 0 Å². The molecule has 2 amide bonds. The van der Waals surface area contributed by atoms with Crippen molar-refractivity contribution in [3.63, 3.8) is 0 Å². The Balaban J connectivity index is 1.83. The topological polar surface area (TPSA) is 87.7 Å². The molecule has 0 aliphatic carbocycles. The highest BCUT2D eigenvalue weighted by molar-refractivity contribution is 6.35. The first-order valence-corrected chi connectivity index (χ1v) is 9.08. The summed E-state index contributed by atoms with van der Waals surface area (Å²) in [6.07, 6.45) is -0.446. The van der Waals surface area contributed by atoms with E-state index in [0.717, 1.165) is 5.56 Å². The highest BCUT2D eigenvalue weighted by Crippen LogP contribution is 2.31. The van der Waals surface area contributed by atoms with Crippen molar-refractivity contribution in [1.82, 2.24) is 10.8 Å². The smallest absolute Gasteiger partial charge is 0.396 e. The number of aliphatic hydroxyl groups is 1. The minimum absolute atomic E-state index is 0.00607. The van der Waals surface area contributed by atoms with Gasteiger partial charge in [-0.1, -0.05) is 59.6 Å². The Labute approximate surface area is 167 Å². The summed E-state index contributed by atoms with van der Waals surface area (Å²) < 4.78 is 0. The van der Waals surface area contributed by atoms with Crippen molar-refractivity contribution < 1.29 is 19.5 Å². The Kier molecular flexibility index (Phi) is 8.39. The Morgan fingerprint density at radius 2 is 1.85 bits per heavy atom. The molecule has 0 saturated heterocycles. The van der Waals surface area contributed by atoms with Crippen LogP contribution in [0.15, 0.2) is 48.5 Å². The van der Waals surface area contributed by atoms with Crippen LogP contribution in [0, 0.1) is 0 Å². The average molecular weight is 411 g/mol. The van der Waals surface area contributed by atoms with Crippen molar-refractivity contribution >= 4 is 35.2 Å². The predicted octanol–water partition coefficient (Wildman–Crippen LogP) is 3.81. The third-order valence-electron chi connectivity index (χ3n) is 3.85. The molecule has 27 heavy (non-hydrogen) atoms. The molecule has 0 heterocycles. The Bertz CT molecular complexity index is 772. The van der Waals surface area contributed by atoms with Gasteiger partial charge in [-0.15, -0.1) is 0 Å². The highest BCUT2D eigenvalue weighted by atomic mass is 35.5. The zero-order valence-corrected chi connectivity index (χ0v) is 16.0. The minimum atomic E-state index is -0.768. The summed E-state index contributed by atoms with van der Waals surface area (Å²) in [6, 6.07) is 14.2. The predicted molar refractivity (Wildman–Crippen MR) is 103 cm³/mol. The molecular formula is C19H20Cl2N2O4. The maximum Gasteiger partial charge on any atom is 0.431 e. The van der Waals surface area contributed by atoms with Gasteiger partial charge in [0.1, 0.15) is 0 Å². The van der Waals surface area contributed by atoms with Crippen molar-refractivity contribution in [2.45, 2.75) is 25.3 Å². The van der Waals surface area contributed by atoms with Crippen LogP contribution >= 0.6 is 23.2 Å². The molecule has 2 rings (SSSR count). The lowest BCUT2D eigenvalue weighted by molar-refractivity contribution is -0.130. The van der Waals surface area contributed by atoms with E-state index in [1.54, 1.807) is 18.2 Å². The molecule has 3 N–H and O–H groups in total. The summed E-state index contributed by atoms with van der Waals surface area (Å²) in [5, 5.41) is 12.7. The van der Waals surface area contributed by atoms with E-state index >= 15 is 0 Å². The SMILES string of the molecule is O=C(CC(CCO)c1ccc(Cl)cc1Cl)NOC(=O)NCc1ccccc1. The second-order valence-corrected chi connectivity index (χ2v) is 6.68.